The van der Waals surface area contributed by atoms with Gasteiger partial charge in [0.2, 0.25) is 0 Å². The van der Waals surface area contributed by atoms with Gasteiger partial charge in [0.15, 0.2) is 0 Å². The number of rotatable bonds is 8. The molecule has 0 aliphatic heterocycles. The Kier molecular flexibility index (Phi) is 7.03. The number of hydrogen-bond acceptors (Lipinski definition) is 2. The fourth-order valence-corrected chi connectivity index (χ4v) is 2.62. The molecule has 1 N–H and O–H groups in total. The zero-order valence-electron chi connectivity index (χ0n) is 10.2. The lowest BCUT2D eigenvalue weighted by Crippen LogP contribution is -2.36. The fourth-order valence-electron chi connectivity index (χ4n) is 2.62. The lowest BCUT2D eigenvalue weighted by Gasteiger charge is -2.28. The van der Waals surface area contributed by atoms with Crippen molar-refractivity contribution in [3.63, 3.8) is 0 Å². The van der Waals surface area contributed by atoms with E-state index in [0.717, 1.165) is 12.6 Å². The highest BCUT2D eigenvalue weighted by molar-refractivity contribution is 4.77. The molecule has 0 unspecified atom stereocenters. The molecular weight excluding hydrogens is 186 g/mol. The number of nitrogens with zero attached hydrogens (tertiary/aromatic N) is 1. The molecule has 1 fully saturated rings. The van der Waals surface area contributed by atoms with Crippen LogP contribution in [0.4, 0.5) is 0 Å². The maximum Gasteiger partial charge on any atom is 0.0558 e. The average Bonchev–Trinajstić information content (AvgIpc) is 2.76. The second-order valence-corrected chi connectivity index (χ2v) is 4.76. The second-order valence-electron chi connectivity index (χ2n) is 4.76. The standard InChI is InChI=1S/C13H27NO/c1-2-3-4-7-10-14(11-12-15)13-8-5-6-9-13/h13,15H,2-12H2,1H3. The molecule has 2 heteroatoms. The van der Waals surface area contributed by atoms with E-state index in [2.05, 4.69) is 11.8 Å². The van der Waals surface area contributed by atoms with Crippen molar-refractivity contribution >= 4 is 0 Å². The number of hydrogen-bond donors (Lipinski definition) is 1. The smallest absolute Gasteiger partial charge is 0.0558 e. The highest BCUT2D eigenvalue weighted by Crippen LogP contribution is 2.23. The topological polar surface area (TPSA) is 23.5 Å². The van der Waals surface area contributed by atoms with Crippen molar-refractivity contribution in [1.29, 1.82) is 0 Å². The van der Waals surface area contributed by atoms with Gasteiger partial charge in [0.25, 0.3) is 0 Å². The first kappa shape index (κ1) is 13.0. The summed E-state index contributed by atoms with van der Waals surface area (Å²) in [5, 5.41) is 9.06. The van der Waals surface area contributed by atoms with Gasteiger partial charge in [-0.25, -0.2) is 0 Å². The lowest BCUT2D eigenvalue weighted by atomic mass is 10.1. The molecule has 0 radical (unpaired) electrons. The van der Waals surface area contributed by atoms with Crippen molar-refractivity contribution in [3.8, 4) is 0 Å². The number of aliphatic hydroxyl groups excluding tert-OH is 1. The first-order chi connectivity index (χ1) is 7.38. The van der Waals surface area contributed by atoms with Gasteiger partial charge in [-0.2, -0.15) is 0 Å². The van der Waals surface area contributed by atoms with Crippen LogP contribution in [0.3, 0.4) is 0 Å². The molecule has 1 aliphatic rings. The Morgan fingerprint density at radius 2 is 1.80 bits per heavy atom. The van der Waals surface area contributed by atoms with E-state index in [-0.39, 0.29) is 0 Å². The van der Waals surface area contributed by atoms with E-state index in [4.69, 9.17) is 5.11 Å². The van der Waals surface area contributed by atoms with Crippen molar-refractivity contribution in [2.75, 3.05) is 19.7 Å². The molecule has 0 aromatic heterocycles. The molecule has 0 bridgehead atoms. The molecule has 0 amide bonds. The van der Waals surface area contributed by atoms with E-state index < -0.39 is 0 Å². The van der Waals surface area contributed by atoms with Crippen molar-refractivity contribution in [3.05, 3.63) is 0 Å². The third-order valence-electron chi connectivity index (χ3n) is 3.53. The van der Waals surface area contributed by atoms with Gasteiger partial charge >= 0.3 is 0 Å². The molecule has 1 saturated carbocycles. The molecule has 15 heavy (non-hydrogen) atoms. The molecule has 0 saturated heterocycles. The van der Waals surface area contributed by atoms with Gasteiger partial charge < -0.3 is 5.11 Å². The molecule has 0 heterocycles. The van der Waals surface area contributed by atoms with Crippen molar-refractivity contribution < 1.29 is 5.11 Å². The van der Waals surface area contributed by atoms with E-state index >= 15 is 0 Å². The Bertz CT molecular complexity index is 143. The van der Waals surface area contributed by atoms with Crippen LogP contribution in [0.2, 0.25) is 0 Å². The van der Waals surface area contributed by atoms with E-state index in [0.29, 0.717) is 6.61 Å². The molecule has 1 aliphatic carbocycles. The van der Waals surface area contributed by atoms with Gasteiger partial charge in [-0.1, -0.05) is 39.0 Å². The average molecular weight is 213 g/mol. The van der Waals surface area contributed by atoms with Gasteiger partial charge in [0, 0.05) is 12.6 Å². The van der Waals surface area contributed by atoms with Crippen LogP contribution in [0, 0.1) is 0 Å². The lowest BCUT2D eigenvalue weighted by molar-refractivity contribution is 0.149. The Morgan fingerprint density at radius 1 is 1.07 bits per heavy atom. The minimum atomic E-state index is 0.324. The molecule has 90 valence electrons. The first-order valence-electron chi connectivity index (χ1n) is 6.73. The van der Waals surface area contributed by atoms with Crippen molar-refractivity contribution in [1.82, 2.24) is 4.90 Å². The third-order valence-corrected chi connectivity index (χ3v) is 3.53. The van der Waals surface area contributed by atoms with Gasteiger partial charge in [0.1, 0.15) is 0 Å². The van der Waals surface area contributed by atoms with Gasteiger partial charge in [0.05, 0.1) is 6.61 Å². The van der Waals surface area contributed by atoms with Crippen molar-refractivity contribution in [2.24, 2.45) is 0 Å². The molecular formula is C13H27NO. The number of aliphatic hydroxyl groups is 1. The maximum absolute atomic E-state index is 9.06. The van der Waals surface area contributed by atoms with E-state index in [1.54, 1.807) is 0 Å². The second kappa shape index (κ2) is 8.12. The van der Waals surface area contributed by atoms with Crippen LogP contribution in [-0.2, 0) is 0 Å². The monoisotopic (exact) mass is 213 g/mol. The minimum Gasteiger partial charge on any atom is -0.395 e. The van der Waals surface area contributed by atoms with E-state index in [9.17, 15) is 0 Å². The summed E-state index contributed by atoms with van der Waals surface area (Å²) in [4.78, 5) is 2.52. The number of unbranched alkanes of at least 4 members (excludes halogenated alkanes) is 3. The Hall–Kier alpha value is -0.0800. The van der Waals surface area contributed by atoms with Crippen LogP contribution in [0.15, 0.2) is 0 Å². The normalized spacial score (nSPS) is 17.8. The maximum atomic E-state index is 9.06. The van der Waals surface area contributed by atoms with Crippen LogP contribution in [0.25, 0.3) is 0 Å². The zero-order valence-corrected chi connectivity index (χ0v) is 10.2. The van der Waals surface area contributed by atoms with Crippen LogP contribution >= 0.6 is 0 Å². The summed E-state index contributed by atoms with van der Waals surface area (Å²) in [6.07, 6.45) is 10.8. The highest BCUT2D eigenvalue weighted by atomic mass is 16.3. The zero-order chi connectivity index (χ0) is 10.9. The van der Waals surface area contributed by atoms with Crippen LogP contribution in [0.1, 0.15) is 58.3 Å². The van der Waals surface area contributed by atoms with Crippen molar-refractivity contribution in [2.45, 2.75) is 64.3 Å². The minimum absolute atomic E-state index is 0.324. The molecule has 0 aromatic rings. The molecule has 0 spiro atoms. The van der Waals surface area contributed by atoms with Crippen LogP contribution in [0.5, 0.6) is 0 Å². The summed E-state index contributed by atoms with van der Waals surface area (Å²) < 4.78 is 0. The summed E-state index contributed by atoms with van der Waals surface area (Å²) in [5.74, 6) is 0. The highest BCUT2D eigenvalue weighted by Gasteiger charge is 2.21. The Morgan fingerprint density at radius 3 is 2.40 bits per heavy atom. The summed E-state index contributed by atoms with van der Waals surface area (Å²) in [5.41, 5.74) is 0. The van der Waals surface area contributed by atoms with Gasteiger partial charge in [-0.05, 0) is 25.8 Å². The largest absolute Gasteiger partial charge is 0.395 e. The SMILES string of the molecule is CCCCCCN(CCO)C1CCCC1. The molecule has 0 atom stereocenters. The van der Waals surface area contributed by atoms with Crippen LogP contribution in [-0.4, -0.2) is 35.7 Å². The van der Waals surface area contributed by atoms with Crippen LogP contribution < -0.4 is 0 Å². The Labute approximate surface area is 94.7 Å². The molecule has 1 rings (SSSR count). The van der Waals surface area contributed by atoms with Gasteiger partial charge in [-0.3, -0.25) is 4.90 Å². The molecule has 2 nitrogen and oxygen atoms in total. The predicted molar refractivity (Wildman–Crippen MR) is 65.1 cm³/mol. The summed E-state index contributed by atoms with van der Waals surface area (Å²) in [6, 6.07) is 0.777. The summed E-state index contributed by atoms with van der Waals surface area (Å²) in [6.45, 7) is 4.66. The van der Waals surface area contributed by atoms with E-state index in [1.807, 2.05) is 0 Å². The van der Waals surface area contributed by atoms with Gasteiger partial charge in [-0.15, -0.1) is 0 Å². The molecule has 0 aromatic carbocycles. The summed E-state index contributed by atoms with van der Waals surface area (Å²) in [7, 11) is 0. The predicted octanol–water partition coefficient (Wildman–Crippen LogP) is 2.80. The fraction of sp³-hybridized carbons (Fsp3) is 1.00. The Balaban J connectivity index is 2.17. The summed E-state index contributed by atoms with van der Waals surface area (Å²) >= 11 is 0. The quantitative estimate of drug-likeness (QED) is 0.627. The third kappa shape index (κ3) is 4.98. The van der Waals surface area contributed by atoms with E-state index in [1.165, 1.54) is 57.9 Å². The first-order valence-corrected chi connectivity index (χ1v) is 6.73.